The lowest BCUT2D eigenvalue weighted by molar-refractivity contribution is -0.271. The Morgan fingerprint density at radius 2 is 1.50 bits per heavy atom. The number of esters is 4. The number of hydrogen-bond acceptors (Lipinski definition) is 11. The van der Waals surface area contributed by atoms with Crippen LogP contribution in [0.1, 0.15) is 27.7 Å². The molecule has 1 saturated heterocycles. The zero-order chi connectivity index (χ0) is 22.8. The van der Waals surface area contributed by atoms with Gasteiger partial charge in [0.25, 0.3) is 0 Å². The van der Waals surface area contributed by atoms with Gasteiger partial charge in [-0.25, -0.2) is 0 Å². The number of nitrogens with one attached hydrogen (secondary N) is 1. The van der Waals surface area contributed by atoms with Crippen molar-refractivity contribution >= 4 is 29.8 Å². The first kappa shape index (κ1) is 24.7. The predicted molar refractivity (Wildman–Crippen MR) is 94.1 cm³/mol. The zero-order valence-corrected chi connectivity index (χ0v) is 16.7. The molecule has 1 fully saturated rings. The van der Waals surface area contributed by atoms with Gasteiger partial charge in [0, 0.05) is 32.6 Å². The van der Waals surface area contributed by atoms with Gasteiger partial charge in [-0.3, -0.25) is 24.0 Å². The molecule has 1 aliphatic heterocycles. The Labute approximate surface area is 170 Å². The molecule has 1 aliphatic rings. The molecule has 0 aromatic rings. The molecule has 30 heavy (non-hydrogen) atoms. The number of nitrogens with zero attached hydrogens (tertiary/aromatic N) is 3. The van der Waals surface area contributed by atoms with E-state index in [4.69, 9.17) is 29.2 Å². The molecule has 0 saturated carbocycles. The number of rotatable bonds is 8. The molecule has 0 spiro atoms. The van der Waals surface area contributed by atoms with Gasteiger partial charge in [-0.2, -0.15) is 0 Å². The maximum absolute atomic E-state index is 12.1. The Morgan fingerprint density at radius 1 is 0.933 bits per heavy atom. The second-order valence-electron chi connectivity index (χ2n) is 6.09. The van der Waals surface area contributed by atoms with Gasteiger partial charge < -0.3 is 29.0 Å². The van der Waals surface area contributed by atoms with Gasteiger partial charge in [0.15, 0.2) is 12.2 Å². The molecule has 1 heterocycles. The van der Waals surface area contributed by atoms with E-state index in [1.54, 1.807) is 0 Å². The van der Waals surface area contributed by atoms with E-state index in [0.29, 0.717) is 0 Å². The summed E-state index contributed by atoms with van der Waals surface area (Å²) >= 11 is 0. The largest absolute Gasteiger partial charge is 0.463 e. The van der Waals surface area contributed by atoms with Crippen LogP contribution in [0.2, 0.25) is 0 Å². The van der Waals surface area contributed by atoms with E-state index in [-0.39, 0.29) is 0 Å². The van der Waals surface area contributed by atoms with Crippen molar-refractivity contribution in [3.8, 4) is 0 Å². The van der Waals surface area contributed by atoms with Crippen molar-refractivity contribution in [3.05, 3.63) is 10.4 Å². The van der Waals surface area contributed by atoms with Gasteiger partial charge in [-0.05, 0) is 5.53 Å². The summed E-state index contributed by atoms with van der Waals surface area (Å²) in [5, 5.41) is 5.48. The van der Waals surface area contributed by atoms with Crippen molar-refractivity contribution in [3.63, 3.8) is 0 Å². The second kappa shape index (κ2) is 11.6. The fourth-order valence-corrected chi connectivity index (χ4v) is 2.65. The Hall–Kier alpha value is -3.38. The summed E-state index contributed by atoms with van der Waals surface area (Å²) < 4.78 is 25.9. The summed E-state index contributed by atoms with van der Waals surface area (Å²) in [6.07, 6.45) is -5.42. The van der Waals surface area contributed by atoms with Crippen LogP contribution in [0.3, 0.4) is 0 Å². The molecule has 0 radical (unpaired) electrons. The van der Waals surface area contributed by atoms with E-state index in [1.165, 1.54) is 0 Å². The van der Waals surface area contributed by atoms with Crippen molar-refractivity contribution in [1.82, 2.24) is 5.32 Å². The minimum Gasteiger partial charge on any atom is -0.463 e. The fourth-order valence-electron chi connectivity index (χ4n) is 2.65. The van der Waals surface area contributed by atoms with E-state index < -0.39 is 73.6 Å². The van der Waals surface area contributed by atoms with Crippen LogP contribution in [-0.4, -0.2) is 73.6 Å². The van der Waals surface area contributed by atoms with Gasteiger partial charge in [-0.1, -0.05) is 5.11 Å². The second-order valence-corrected chi connectivity index (χ2v) is 6.09. The normalized spacial score (nSPS) is 25.1. The Morgan fingerprint density at radius 3 is 2.00 bits per heavy atom. The van der Waals surface area contributed by atoms with Crippen LogP contribution in [0.25, 0.3) is 10.4 Å². The maximum Gasteiger partial charge on any atom is 0.305 e. The summed E-state index contributed by atoms with van der Waals surface area (Å²) in [4.78, 5) is 60.5. The lowest BCUT2D eigenvalue weighted by Crippen LogP contribution is -2.67. The number of hydrogen-bond donors (Lipinski definition) is 1. The molecule has 0 aliphatic carbocycles. The molecule has 166 valence electrons. The minimum atomic E-state index is -1.51. The van der Waals surface area contributed by atoms with Crippen LogP contribution in [-0.2, 0) is 47.7 Å². The lowest BCUT2D eigenvalue weighted by atomic mass is 9.96. The van der Waals surface area contributed by atoms with Crippen molar-refractivity contribution in [2.45, 2.75) is 58.3 Å². The van der Waals surface area contributed by atoms with Gasteiger partial charge in [0.1, 0.15) is 25.3 Å². The van der Waals surface area contributed by atoms with E-state index >= 15 is 0 Å². The Kier molecular flexibility index (Phi) is 9.52. The molecule has 1 N–H and O–H groups in total. The van der Waals surface area contributed by atoms with Crippen LogP contribution in [0.5, 0.6) is 0 Å². The maximum atomic E-state index is 12.1. The molecule has 0 aromatic carbocycles. The number of ether oxygens (including phenoxy) is 5. The van der Waals surface area contributed by atoms with E-state index in [0.717, 1.165) is 27.7 Å². The lowest BCUT2D eigenvalue weighted by Gasteiger charge is -2.44. The topological polar surface area (TPSA) is 192 Å². The third kappa shape index (κ3) is 7.93. The van der Waals surface area contributed by atoms with Crippen LogP contribution in [0.4, 0.5) is 0 Å². The highest BCUT2D eigenvalue weighted by molar-refractivity contribution is 5.79. The summed E-state index contributed by atoms with van der Waals surface area (Å²) in [6.45, 7) is 3.32. The molecule has 0 aromatic heterocycles. The highest BCUT2D eigenvalue weighted by atomic mass is 16.7. The Balaban J connectivity index is 3.33. The average Bonchev–Trinajstić information content (AvgIpc) is 2.62. The van der Waals surface area contributed by atoms with Crippen LogP contribution in [0, 0.1) is 0 Å². The van der Waals surface area contributed by atoms with Crippen LogP contribution >= 0.6 is 0 Å². The first-order valence-corrected chi connectivity index (χ1v) is 8.65. The third-order valence-electron chi connectivity index (χ3n) is 3.59. The van der Waals surface area contributed by atoms with E-state index in [9.17, 15) is 24.0 Å². The minimum absolute atomic E-state index is 0.428. The number of amides is 1. The fraction of sp³-hybridized carbons (Fsp3) is 0.688. The average molecular weight is 430 g/mol. The summed E-state index contributed by atoms with van der Waals surface area (Å²) in [5.74, 6) is -3.86. The SMILES string of the molecule is CC(=O)OC[C@H]1O[C@@H](OC(C)=O)[C@@H](NC(=O)CN=[N+]=[N-])[C@@H](OC(C)=O)[C@H]1OC(C)=O. The quantitative estimate of drug-likeness (QED) is 0.172. The molecule has 5 atom stereocenters. The predicted octanol–water partition coefficient (Wildman–Crippen LogP) is -0.504. The van der Waals surface area contributed by atoms with Crippen molar-refractivity contribution in [2.24, 2.45) is 5.11 Å². The first-order valence-electron chi connectivity index (χ1n) is 8.65. The van der Waals surface area contributed by atoms with Crippen molar-refractivity contribution < 1.29 is 47.7 Å². The summed E-state index contributed by atoms with van der Waals surface area (Å²) in [6, 6.07) is -1.34. The highest BCUT2D eigenvalue weighted by Gasteiger charge is 2.52. The molecule has 14 heteroatoms. The van der Waals surface area contributed by atoms with Gasteiger partial charge >= 0.3 is 23.9 Å². The summed E-state index contributed by atoms with van der Waals surface area (Å²) in [7, 11) is 0. The summed E-state index contributed by atoms with van der Waals surface area (Å²) in [5.41, 5.74) is 8.36. The Bertz CT molecular complexity index is 736. The van der Waals surface area contributed by atoms with Gasteiger partial charge in [0.2, 0.25) is 12.2 Å². The molecule has 1 rings (SSSR count). The molecule has 1 amide bonds. The highest BCUT2D eigenvalue weighted by Crippen LogP contribution is 2.28. The molecular weight excluding hydrogens is 408 g/mol. The zero-order valence-electron chi connectivity index (χ0n) is 16.7. The molecule has 14 nitrogen and oxygen atoms in total. The van der Waals surface area contributed by atoms with Crippen LogP contribution < -0.4 is 5.32 Å². The first-order chi connectivity index (χ1) is 14.0. The van der Waals surface area contributed by atoms with E-state index in [1.807, 2.05) is 0 Å². The molecule has 0 bridgehead atoms. The third-order valence-corrected chi connectivity index (χ3v) is 3.59. The number of azide groups is 1. The smallest absolute Gasteiger partial charge is 0.305 e. The van der Waals surface area contributed by atoms with Crippen molar-refractivity contribution in [2.75, 3.05) is 13.2 Å². The van der Waals surface area contributed by atoms with E-state index in [2.05, 4.69) is 15.3 Å². The van der Waals surface area contributed by atoms with Crippen molar-refractivity contribution in [1.29, 1.82) is 0 Å². The molecular formula is C16H22N4O10. The standard InChI is InChI=1S/C16H22N4O10/c1-7(21)26-6-11-14(27-8(2)22)15(28-9(3)23)13(16(30-11)29-10(4)24)19-12(25)5-18-20-17/h11,13-16H,5-6H2,1-4H3,(H,19,25)/t11-,13+,14+,15-,16-/m1/s1. The number of carbonyl (C=O) groups excluding carboxylic acids is 5. The van der Waals surface area contributed by atoms with Gasteiger partial charge in [-0.15, -0.1) is 0 Å². The monoisotopic (exact) mass is 430 g/mol. The number of carbonyl (C=O) groups is 5. The molecule has 0 unspecified atom stereocenters. The van der Waals surface area contributed by atoms with Gasteiger partial charge in [0.05, 0.1) is 0 Å². The van der Waals surface area contributed by atoms with Crippen LogP contribution in [0.15, 0.2) is 5.11 Å².